The lowest BCUT2D eigenvalue weighted by molar-refractivity contribution is 0.0981. The Balaban J connectivity index is 1.54. The van der Waals surface area contributed by atoms with Crippen molar-refractivity contribution < 1.29 is 28.6 Å². The van der Waals surface area contributed by atoms with Gasteiger partial charge in [0.1, 0.15) is 0 Å². The number of methoxy groups -OCH3 is 2. The number of anilines is 1. The molecule has 0 radical (unpaired) electrons. The average Bonchev–Trinajstić information content (AvgIpc) is 2.99. The fourth-order valence-corrected chi connectivity index (χ4v) is 6.27. The minimum Gasteiger partial charge on any atom is -0.493 e. The van der Waals surface area contributed by atoms with Gasteiger partial charge in [-0.1, -0.05) is 44.5 Å². The second-order valence-corrected chi connectivity index (χ2v) is 13.3. The monoisotopic (exact) mass is 624 g/mol. The van der Waals surface area contributed by atoms with Crippen molar-refractivity contribution in [3.8, 4) is 11.5 Å². The van der Waals surface area contributed by atoms with Crippen LogP contribution in [0.1, 0.15) is 74.4 Å². The Bertz CT molecular complexity index is 1410. The van der Waals surface area contributed by atoms with Crippen molar-refractivity contribution in [1.29, 1.82) is 0 Å². The van der Waals surface area contributed by atoms with Crippen molar-refractivity contribution in [2.75, 3.05) is 52.9 Å². The molecule has 2 aromatic rings. The van der Waals surface area contributed by atoms with E-state index in [1.807, 2.05) is 39.2 Å². The minimum absolute atomic E-state index is 0.133. The maximum Gasteiger partial charge on any atom is 0.438 e. The molecule has 0 bridgehead atoms. The first kappa shape index (κ1) is 33.3. The number of rotatable bonds is 11. The predicted molar refractivity (Wildman–Crippen MR) is 175 cm³/mol. The van der Waals surface area contributed by atoms with E-state index in [-0.39, 0.29) is 23.2 Å². The lowest BCUT2D eigenvalue weighted by Gasteiger charge is -2.39. The molecule has 0 N–H and O–H groups in total. The molecular formula is C33H44N4O6S. The third-order valence-electron chi connectivity index (χ3n) is 8.09. The number of ether oxygens (including phenoxy) is 3. The lowest BCUT2D eigenvalue weighted by atomic mass is 9.76. The highest BCUT2D eigenvalue weighted by Gasteiger charge is 2.37. The van der Waals surface area contributed by atoms with Crippen LogP contribution in [0.3, 0.4) is 0 Å². The van der Waals surface area contributed by atoms with Crippen molar-refractivity contribution in [2.24, 2.45) is 5.10 Å². The highest BCUT2D eigenvalue weighted by atomic mass is 32.2. The molecule has 0 fully saturated rings. The molecule has 44 heavy (non-hydrogen) atoms. The first-order chi connectivity index (χ1) is 21.0. The number of carbonyl (C=O) groups is 3. The number of benzene rings is 2. The van der Waals surface area contributed by atoms with Crippen LogP contribution < -0.4 is 14.4 Å². The van der Waals surface area contributed by atoms with E-state index in [1.165, 1.54) is 0 Å². The summed E-state index contributed by atoms with van der Waals surface area (Å²) in [5.41, 5.74) is 3.50. The molecule has 238 valence electrons. The zero-order valence-corrected chi connectivity index (χ0v) is 27.7. The van der Waals surface area contributed by atoms with Gasteiger partial charge in [-0.3, -0.25) is 9.59 Å². The summed E-state index contributed by atoms with van der Waals surface area (Å²) in [5.74, 6) is 0.915. The van der Waals surface area contributed by atoms with Crippen molar-refractivity contribution in [2.45, 2.75) is 63.5 Å². The molecule has 10 nitrogen and oxygen atoms in total. The van der Waals surface area contributed by atoms with Crippen molar-refractivity contribution in [3.05, 3.63) is 53.1 Å². The van der Waals surface area contributed by atoms with Gasteiger partial charge in [-0.05, 0) is 93.7 Å². The van der Waals surface area contributed by atoms with Gasteiger partial charge in [-0.15, -0.1) is 5.01 Å². The van der Waals surface area contributed by atoms with Crippen LogP contribution in [0.25, 0.3) is 0 Å². The van der Waals surface area contributed by atoms with Crippen LogP contribution in [-0.4, -0.2) is 86.1 Å². The molecule has 0 saturated heterocycles. The largest absolute Gasteiger partial charge is 0.493 e. The van der Waals surface area contributed by atoms with Gasteiger partial charge < -0.3 is 24.0 Å². The highest BCUT2D eigenvalue weighted by Crippen LogP contribution is 2.42. The number of fused-ring (bicyclic) bond motifs is 1. The van der Waals surface area contributed by atoms with E-state index >= 15 is 0 Å². The van der Waals surface area contributed by atoms with Crippen LogP contribution in [0.4, 0.5) is 15.3 Å². The second-order valence-electron chi connectivity index (χ2n) is 12.0. The van der Waals surface area contributed by atoms with Gasteiger partial charge in [-0.25, -0.2) is 4.79 Å². The number of unbranched alkanes of at least 4 members (excludes halogenated alkanes) is 3. The van der Waals surface area contributed by atoms with Crippen molar-refractivity contribution in [3.63, 3.8) is 0 Å². The molecule has 2 aromatic carbocycles. The number of amides is 3. The molecule has 2 aliphatic rings. The van der Waals surface area contributed by atoms with E-state index in [4.69, 9.17) is 14.2 Å². The first-order valence-corrected chi connectivity index (χ1v) is 15.9. The van der Waals surface area contributed by atoms with Crippen LogP contribution >= 0.6 is 11.8 Å². The summed E-state index contributed by atoms with van der Waals surface area (Å²) >= 11 is 1.04. The third-order valence-corrected chi connectivity index (χ3v) is 9.04. The van der Waals surface area contributed by atoms with Crippen molar-refractivity contribution in [1.82, 2.24) is 9.91 Å². The zero-order chi connectivity index (χ0) is 32.0. The summed E-state index contributed by atoms with van der Waals surface area (Å²) < 4.78 is 16.2. The second kappa shape index (κ2) is 14.5. The third kappa shape index (κ3) is 7.55. The van der Waals surface area contributed by atoms with Gasteiger partial charge in [0.15, 0.2) is 11.5 Å². The van der Waals surface area contributed by atoms with Crippen LogP contribution in [0.5, 0.6) is 11.5 Å². The van der Waals surface area contributed by atoms with Crippen LogP contribution in [0.2, 0.25) is 0 Å². The molecule has 11 heteroatoms. The van der Waals surface area contributed by atoms with E-state index in [1.54, 1.807) is 37.3 Å². The molecule has 0 aromatic heterocycles. The molecule has 2 heterocycles. The van der Waals surface area contributed by atoms with Gasteiger partial charge in [0.2, 0.25) is 0 Å². The normalized spacial score (nSPS) is 17.7. The number of nitrogens with zero attached hydrogens (tertiary/aromatic N) is 4. The SMILES string of the molecule is COc1ccc(C(=O)N2CCC(C)(C)c3cc(C4=NN(C(=O)OCCCCCCN(C)C)C(=O)SC4C)ccc32)cc1OC. The Kier molecular flexibility index (Phi) is 11.0. The maximum absolute atomic E-state index is 13.7. The van der Waals surface area contributed by atoms with Gasteiger partial charge in [-0.2, -0.15) is 5.10 Å². The van der Waals surface area contributed by atoms with E-state index in [0.29, 0.717) is 29.3 Å². The summed E-state index contributed by atoms with van der Waals surface area (Å²) in [7, 11) is 7.20. The van der Waals surface area contributed by atoms with E-state index in [9.17, 15) is 14.4 Å². The molecule has 2 aliphatic heterocycles. The Hall–Kier alpha value is -3.57. The summed E-state index contributed by atoms with van der Waals surface area (Å²) in [6.07, 6.45) is 3.83. The quantitative estimate of drug-likeness (QED) is 0.260. The zero-order valence-electron chi connectivity index (χ0n) is 26.8. The maximum atomic E-state index is 13.7. The molecular weight excluding hydrogens is 580 g/mol. The molecule has 4 rings (SSSR count). The predicted octanol–water partition coefficient (Wildman–Crippen LogP) is 6.55. The average molecular weight is 625 g/mol. The van der Waals surface area contributed by atoms with Gasteiger partial charge in [0, 0.05) is 17.8 Å². The topological polar surface area (TPSA) is 101 Å². The molecule has 3 amide bonds. The lowest BCUT2D eigenvalue weighted by Crippen LogP contribution is -2.41. The van der Waals surface area contributed by atoms with Crippen LogP contribution in [-0.2, 0) is 10.2 Å². The Morgan fingerprint density at radius 3 is 2.45 bits per heavy atom. The van der Waals surface area contributed by atoms with Crippen LogP contribution in [0.15, 0.2) is 41.5 Å². The Morgan fingerprint density at radius 2 is 1.75 bits per heavy atom. The summed E-state index contributed by atoms with van der Waals surface area (Å²) in [6.45, 7) is 8.04. The number of carbonyl (C=O) groups excluding carboxylic acids is 3. The van der Waals surface area contributed by atoms with Gasteiger partial charge in [0.05, 0.1) is 31.8 Å². The number of hydrogen-bond donors (Lipinski definition) is 0. The Morgan fingerprint density at radius 1 is 1.02 bits per heavy atom. The Labute approximate surface area is 264 Å². The number of imide groups is 1. The molecule has 0 saturated carbocycles. The number of hydrogen-bond acceptors (Lipinski definition) is 9. The van der Waals surface area contributed by atoms with E-state index in [0.717, 1.165) is 72.2 Å². The molecule has 0 aliphatic carbocycles. The van der Waals surface area contributed by atoms with E-state index < -0.39 is 11.3 Å². The summed E-state index contributed by atoms with van der Waals surface area (Å²) in [4.78, 5) is 43.3. The standard InChI is InChI=1S/C33H44N4O6S/c1-22-29(34-37(32(40)44-22)31(39)43-19-11-9-8-10-17-35(4)5)23-12-14-26-25(20-23)33(2,3)16-18-36(26)30(38)24-13-15-27(41-6)28(21-24)42-7/h12-15,20-22H,8-11,16-19H2,1-7H3. The fraction of sp³-hybridized carbons (Fsp3) is 0.515. The molecule has 1 unspecified atom stereocenters. The highest BCUT2D eigenvalue weighted by molar-refractivity contribution is 8.14. The minimum atomic E-state index is -0.759. The number of hydrazone groups is 1. The van der Waals surface area contributed by atoms with Crippen molar-refractivity contribution >= 4 is 40.4 Å². The fourth-order valence-electron chi connectivity index (χ4n) is 5.45. The molecule has 0 spiro atoms. The smallest absolute Gasteiger partial charge is 0.438 e. The first-order valence-electron chi connectivity index (χ1n) is 15.1. The number of thioether (sulfide) groups is 1. The molecule has 1 atom stereocenters. The summed E-state index contributed by atoms with van der Waals surface area (Å²) in [5, 5.41) is 4.60. The van der Waals surface area contributed by atoms with E-state index in [2.05, 4.69) is 23.8 Å². The van der Waals surface area contributed by atoms with Gasteiger partial charge >= 0.3 is 11.3 Å². The summed E-state index contributed by atoms with van der Waals surface area (Å²) in [6, 6.07) is 11.0. The van der Waals surface area contributed by atoms with Crippen LogP contribution in [0, 0.1) is 0 Å². The van der Waals surface area contributed by atoms with Gasteiger partial charge in [0.25, 0.3) is 5.91 Å².